The van der Waals surface area contributed by atoms with Crippen LogP contribution < -0.4 is 0 Å². The standard InChI is InChI=1S/2C20H15.2CH3.Hf/c2*1-14-12-16-8-5-11-19(20(16)13-14)18-10-4-7-15-6-2-3-9-17(15)18;;;/h2*2-13H,1H3;2*1H3;. The van der Waals surface area contributed by atoms with Crippen LogP contribution in [0.5, 0.6) is 0 Å². The van der Waals surface area contributed by atoms with Crippen LogP contribution in [0.2, 0.25) is 9.36 Å². The summed E-state index contributed by atoms with van der Waals surface area (Å²) in [5.74, 6) is 0. The van der Waals surface area contributed by atoms with Gasteiger partial charge in [0.2, 0.25) is 0 Å². The van der Waals surface area contributed by atoms with Crippen LogP contribution >= 0.6 is 0 Å². The molecule has 0 aliphatic heterocycles. The Balaban J connectivity index is 1.25. The summed E-state index contributed by atoms with van der Waals surface area (Å²) in [6.45, 7) is 4.81. The van der Waals surface area contributed by atoms with Crippen LogP contribution in [0, 0.1) is 0 Å². The number of rotatable bonds is 4. The molecule has 2 aliphatic carbocycles. The van der Waals surface area contributed by atoms with E-state index in [1.807, 2.05) is 0 Å². The van der Waals surface area contributed by atoms with Gasteiger partial charge in [-0.1, -0.05) is 0 Å². The topological polar surface area (TPSA) is 0 Å². The van der Waals surface area contributed by atoms with Crippen LogP contribution in [-0.4, -0.2) is 0 Å². The van der Waals surface area contributed by atoms with Gasteiger partial charge in [0.15, 0.2) is 0 Å². The van der Waals surface area contributed by atoms with Gasteiger partial charge >= 0.3 is 261 Å². The molecule has 208 valence electrons. The van der Waals surface area contributed by atoms with E-state index in [-0.39, 0.29) is 0 Å². The third kappa shape index (κ3) is 4.12. The van der Waals surface area contributed by atoms with Crippen molar-refractivity contribution in [3.05, 3.63) is 155 Å². The molecule has 0 aromatic heterocycles. The van der Waals surface area contributed by atoms with Gasteiger partial charge in [-0.2, -0.15) is 0 Å². The Hall–Kier alpha value is -3.81. The summed E-state index contributed by atoms with van der Waals surface area (Å²) >= 11 is -3.12. The molecule has 0 heterocycles. The fourth-order valence-corrected chi connectivity index (χ4v) is 26.4. The van der Waals surface area contributed by atoms with Crippen molar-refractivity contribution in [3.8, 4) is 22.3 Å². The summed E-state index contributed by atoms with van der Waals surface area (Å²) in [6, 6.07) is 45.2. The molecule has 0 saturated heterocycles. The Morgan fingerprint density at radius 2 is 0.791 bits per heavy atom. The maximum atomic E-state index is 2.72. The second-order valence-electron chi connectivity index (χ2n) is 13.1. The van der Waals surface area contributed by atoms with E-state index in [0.717, 1.165) is 0 Å². The van der Waals surface area contributed by atoms with Gasteiger partial charge in [-0.25, -0.2) is 0 Å². The van der Waals surface area contributed by atoms with Crippen molar-refractivity contribution >= 4 is 33.7 Å². The van der Waals surface area contributed by atoms with Crippen molar-refractivity contribution in [1.29, 1.82) is 0 Å². The Labute approximate surface area is 259 Å². The van der Waals surface area contributed by atoms with Gasteiger partial charge in [-0.15, -0.1) is 0 Å². The molecule has 2 atom stereocenters. The van der Waals surface area contributed by atoms with Crippen LogP contribution in [0.3, 0.4) is 0 Å². The molecule has 0 N–H and O–H groups in total. The van der Waals surface area contributed by atoms with Gasteiger partial charge in [0.1, 0.15) is 0 Å². The van der Waals surface area contributed by atoms with Gasteiger partial charge < -0.3 is 0 Å². The first kappa shape index (κ1) is 26.8. The van der Waals surface area contributed by atoms with E-state index >= 15 is 0 Å². The zero-order chi connectivity index (χ0) is 29.3. The Morgan fingerprint density at radius 3 is 1.26 bits per heavy atom. The van der Waals surface area contributed by atoms with E-state index in [0.29, 0.717) is 7.35 Å². The predicted octanol–water partition coefficient (Wildman–Crippen LogP) is 12.2. The van der Waals surface area contributed by atoms with Crippen molar-refractivity contribution in [2.24, 2.45) is 0 Å². The fraction of sp³-hybridized carbons (Fsp3) is 0.143. The van der Waals surface area contributed by atoms with Gasteiger partial charge in [0.05, 0.1) is 0 Å². The molecule has 2 aliphatic rings. The predicted molar refractivity (Wildman–Crippen MR) is 183 cm³/mol. The molecule has 1 heteroatoms. The normalized spacial score (nSPS) is 17.6. The zero-order valence-electron chi connectivity index (χ0n) is 25.4. The molecule has 0 amide bonds. The van der Waals surface area contributed by atoms with E-state index < -0.39 is 20.0 Å². The summed E-state index contributed by atoms with van der Waals surface area (Å²) in [6.07, 6.45) is 5.06. The van der Waals surface area contributed by atoms with Crippen molar-refractivity contribution in [1.82, 2.24) is 0 Å². The number of hydrogen-bond donors (Lipinski definition) is 0. The minimum absolute atomic E-state index is 0.554. The van der Waals surface area contributed by atoms with Gasteiger partial charge in [-0.05, 0) is 0 Å². The van der Waals surface area contributed by atoms with E-state index in [1.54, 1.807) is 22.3 Å². The number of hydrogen-bond acceptors (Lipinski definition) is 0. The quantitative estimate of drug-likeness (QED) is 0.159. The van der Waals surface area contributed by atoms with Crippen molar-refractivity contribution in [2.75, 3.05) is 0 Å². The average molecular weight is 719 g/mol. The van der Waals surface area contributed by atoms with E-state index in [4.69, 9.17) is 0 Å². The second-order valence-corrected chi connectivity index (χ2v) is 30.4. The SMILES string of the molecule is CC1=Cc2c(-c3cccc4ccccc34)cccc2[CH]1[Hf]([CH3])([CH3])[CH]1C(C)=Cc2c(-c3cccc4ccccc34)cccc21. The molecular weight excluding hydrogens is 683 g/mol. The molecule has 0 radical (unpaired) electrons. The monoisotopic (exact) mass is 720 g/mol. The molecule has 8 rings (SSSR count). The van der Waals surface area contributed by atoms with Crippen molar-refractivity contribution in [2.45, 2.75) is 30.6 Å². The third-order valence-corrected chi connectivity index (χ3v) is 26.4. The Morgan fingerprint density at radius 1 is 0.419 bits per heavy atom. The van der Waals surface area contributed by atoms with E-state index in [1.165, 1.54) is 54.9 Å². The molecule has 0 nitrogen and oxygen atoms in total. The van der Waals surface area contributed by atoms with Crippen LogP contribution in [0.4, 0.5) is 0 Å². The Kier molecular flexibility index (Phi) is 6.31. The molecule has 6 aromatic rings. The molecule has 0 spiro atoms. The average Bonchev–Trinajstić information content (AvgIpc) is 3.56. The van der Waals surface area contributed by atoms with Crippen LogP contribution in [-0.2, 0) is 20.0 Å². The first-order valence-corrected chi connectivity index (χ1v) is 26.9. The zero-order valence-corrected chi connectivity index (χ0v) is 28.9. The van der Waals surface area contributed by atoms with E-state index in [2.05, 4.69) is 157 Å². The first-order valence-electron chi connectivity index (χ1n) is 15.5. The maximum absolute atomic E-state index is 3.12. The van der Waals surface area contributed by atoms with Crippen LogP contribution in [0.15, 0.2) is 132 Å². The number of fused-ring (bicyclic) bond motifs is 4. The van der Waals surface area contributed by atoms with Crippen molar-refractivity contribution < 1.29 is 20.0 Å². The molecule has 0 fully saturated rings. The summed E-state index contributed by atoms with van der Waals surface area (Å²) in [7, 11) is 0. The number of allylic oxidation sites excluding steroid dienone is 2. The van der Waals surface area contributed by atoms with Crippen LogP contribution in [0.1, 0.15) is 43.5 Å². The van der Waals surface area contributed by atoms with Gasteiger partial charge in [0.25, 0.3) is 0 Å². The van der Waals surface area contributed by atoms with Gasteiger partial charge in [0, 0.05) is 0 Å². The van der Waals surface area contributed by atoms with Crippen molar-refractivity contribution in [3.63, 3.8) is 0 Å². The summed E-state index contributed by atoms with van der Waals surface area (Å²) in [5, 5.41) is 5.28. The summed E-state index contributed by atoms with van der Waals surface area (Å²) in [5.41, 5.74) is 14.5. The molecule has 43 heavy (non-hydrogen) atoms. The molecule has 2 unspecified atom stereocenters. The summed E-state index contributed by atoms with van der Waals surface area (Å²) in [4.78, 5) is 0. The Bertz CT molecular complexity index is 1980. The summed E-state index contributed by atoms with van der Waals surface area (Å²) < 4.78 is 6.54. The minimum atomic E-state index is -3.12. The van der Waals surface area contributed by atoms with Crippen LogP contribution in [0.25, 0.3) is 56.0 Å². The molecule has 0 saturated carbocycles. The molecule has 6 aromatic carbocycles. The van der Waals surface area contributed by atoms with Gasteiger partial charge in [-0.3, -0.25) is 0 Å². The fourth-order valence-electron chi connectivity index (χ4n) is 8.64. The second kappa shape index (κ2) is 10.1. The number of benzene rings is 6. The third-order valence-electron chi connectivity index (χ3n) is 10.2. The molecule has 0 bridgehead atoms. The van der Waals surface area contributed by atoms with E-state index in [9.17, 15) is 0 Å². The first-order chi connectivity index (χ1) is 20.9. The molecular formula is C42H36Hf.